The Morgan fingerprint density at radius 1 is 1.11 bits per heavy atom. The highest BCUT2D eigenvalue weighted by molar-refractivity contribution is 7.92. The maximum atomic E-state index is 12.4. The number of halogens is 1. The lowest BCUT2D eigenvalue weighted by Crippen LogP contribution is -2.37. The molecular formula is C18H24ClN3O4S. The van der Waals surface area contributed by atoms with Gasteiger partial charge in [0.15, 0.2) is 0 Å². The van der Waals surface area contributed by atoms with Crippen molar-refractivity contribution in [3.05, 3.63) is 54.1 Å². The summed E-state index contributed by atoms with van der Waals surface area (Å²) < 4.78 is 32.6. The standard InChI is InChI=1S/C18H23N3O4S.ClH/c1-3-25-16-8-10-17(11-9-16)26(23,24)21-15-6-4-14(5-7-15)18(22)20-13(2)12-19;/h4-11,13,21H,3,12,19H2,1-2H3,(H,20,22);1H/t13-;/m0./s1. The van der Waals surface area contributed by atoms with Crippen molar-refractivity contribution in [1.82, 2.24) is 5.32 Å². The van der Waals surface area contributed by atoms with Gasteiger partial charge in [-0.25, -0.2) is 8.42 Å². The molecule has 1 atom stereocenters. The number of rotatable bonds is 8. The third-order valence-corrected chi connectivity index (χ3v) is 4.97. The van der Waals surface area contributed by atoms with Gasteiger partial charge in [-0.1, -0.05) is 0 Å². The van der Waals surface area contributed by atoms with Gasteiger partial charge in [-0.3, -0.25) is 9.52 Å². The molecule has 0 spiro atoms. The van der Waals surface area contributed by atoms with Crippen LogP contribution in [0.15, 0.2) is 53.4 Å². The number of ether oxygens (including phenoxy) is 1. The van der Waals surface area contributed by atoms with Crippen LogP contribution in [0, 0.1) is 0 Å². The molecule has 0 aliphatic rings. The van der Waals surface area contributed by atoms with Gasteiger partial charge < -0.3 is 15.8 Å². The molecule has 0 radical (unpaired) electrons. The first kappa shape index (κ1) is 22.8. The molecule has 2 aromatic carbocycles. The molecule has 27 heavy (non-hydrogen) atoms. The van der Waals surface area contributed by atoms with Crippen LogP contribution >= 0.6 is 12.4 Å². The fraction of sp³-hybridized carbons (Fsp3) is 0.278. The number of carbonyl (C=O) groups excluding carboxylic acids is 1. The summed E-state index contributed by atoms with van der Waals surface area (Å²) in [7, 11) is -3.72. The van der Waals surface area contributed by atoms with Gasteiger partial charge in [-0.05, 0) is 62.4 Å². The second-order valence-electron chi connectivity index (χ2n) is 5.70. The van der Waals surface area contributed by atoms with Crippen LogP contribution in [0.3, 0.4) is 0 Å². The van der Waals surface area contributed by atoms with Gasteiger partial charge in [0.2, 0.25) is 0 Å². The Morgan fingerprint density at radius 3 is 2.22 bits per heavy atom. The Morgan fingerprint density at radius 2 is 1.70 bits per heavy atom. The Hall–Kier alpha value is -2.29. The molecule has 4 N–H and O–H groups in total. The average molecular weight is 414 g/mol. The third-order valence-electron chi connectivity index (χ3n) is 3.58. The zero-order valence-electron chi connectivity index (χ0n) is 15.1. The molecule has 7 nitrogen and oxygen atoms in total. The minimum Gasteiger partial charge on any atom is -0.494 e. The number of hydrogen-bond acceptors (Lipinski definition) is 5. The normalized spacial score (nSPS) is 11.8. The maximum absolute atomic E-state index is 12.4. The van der Waals surface area contributed by atoms with Crippen LogP contribution in [0.4, 0.5) is 5.69 Å². The van der Waals surface area contributed by atoms with E-state index in [4.69, 9.17) is 10.5 Å². The minimum absolute atomic E-state index is 0. The second kappa shape index (κ2) is 10.1. The van der Waals surface area contributed by atoms with E-state index in [-0.39, 0.29) is 29.3 Å². The van der Waals surface area contributed by atoms with Gasteiger partial charge in [-0.15, -0.1) is 12.4 Å². The summed E-state index contributed by atoms with van der Waals surface area (Å²) in [4.78, 5) is 12.1. The van der Waals surface area contributed by atoms with E-state index in [1.165, 1.54) is 24.3 Å². The SMILES string of the molecule is CCOc1ccc(S(=O)(=O)Nc2ccc(C(=O)N[C@@H](C)CN)cc2)cc1.Cl. The van der Waals surface area contributed by atoms with Crippen LogP contribution < -0.4 is 20.5 Å². The van der Waals surface area contributed by atoms with Crippen molar-refractivity contribution in [2.45, 2.75) is 24.8 Å². The van der Waals surface area contributed by atoms with Gasteiger partial charge in [0.1, 0.15) is 5.75 Å². The first-order valence-electron chi connectivity index (χ1n) is 8.22. The fourth-order valence-corrected chi connectivity index (χ4v) is 3.21. The molecule has 0 saturated carbocycles. The molecule has 0 aromatic heterocycles. The van der Waals surface area contributed by atoms with Crippen molar-refractivity contribution in [3.8, 4) is 5.75 Å². The van der Waals surface area contributed by atoms with Crippen LogP contribution in [0.25, 0.3) is 0 Å². The number of anilines is 1. The van der Waals surface area contributed by atoms with Gasteiger partial charge in [0.25, 0.3) is 15.9 Å². The number of benzene rings is 2. The van der Waals surface area contributed by atoms with Crippen molar-refractivity contribution in [2.75, 3.05) is 17.9 Å². The zero-order valence-corrected chi connectivity index (χ0v) is 16.8. The van der Waals surface area contributed by atoms with Gasteiger partial charge in [0.05, 0.1) is 11.5 Å². The Kier molecular flexibility index (Phi) is 8.55. The van der Waals surface area contributed by atoms with E-state index in [2.05, 4.69) is 10.0 Å². The highest BCUT2D eigenvalue weighted by Gasteiger charge is 2.15. The van der Waals surface area contributed by atoms with E-state index >= 15 is 0 Å². The van der Waals surface area contributed by atoms with Crippen LogP contribution in [0.1, 0.15) is 24.2 Å². The van der Waals surface area contributed by atoms with Crippen molar-refractivity contribution in [2.24, 2.45) is 5.73 Å². The summed E-state index contributed by atoms with van der Waals surface area (Å²) in [5.41, 5.74) is 6.26. The van der Waals surface area contributed by atoms with Crippen molar-refractivity contribution < 1.29 is 17.9 Å². The topological polar surface area (TPSA) is 111 Å². The molecule has 148 valence electrons. The first-order chi connectivity index (χ1) is 12.4. The lowest BCUT2D eigenvalue weighted by Gasteiger charge is -2.12. The molecule has 0 unspecified atom stereocenters. The monoisotopic (exact) mass is 413 g/mol. The highest BCUT2D eigenvalue weighted by atomic mass is 35.5. The van der Waals surface area contributed by atoms with Crippen LogP contribution in [0.5, 0.6) is 5.75 Å². The summed E-state index contributed by atoms with van der Waals surface area (Å²) in [6, 6.07) is 12.2. The summed E-state index contributed by atoms with van der Waals surface area (Å²) in [5, 5.41) is 2.74. The molecular weight excluding hydrogens is 390 g/mol. The average Bonchev–Trinajstić information content (AvgIpc) is 2.62. The molecule has 0 heterocycles. The Labute approximate surface area is 165 Å². The number of amides is 1. The summed E-state index contributed by atoms with van der Waals surface area (Å²) >= 11 is 0. The van der Waals surface area contributed by atoms with Crippen molar-refractivity contribution in [3.63, 3.8) is 0 Å². The second-order valence-corrected chi connectivity index (χ2v) is 7.38. The molecule has 0 saturated heterocycles. The van der Waals surface area contributed by atoms with Crippen LogP contribution in [0.2, 0.25) is 0 Å². The number of nitrogens with one attached hydrogen (secondary N) is 2. The summed E-state index contributed by atoms with van der Waals surface area (Å²) in [6.07, 6.45) is 0. The van der Waals surface area contributed by atoms with E-state index in [1.54, 1.807) is 31.2 Å². The van der Waals surface area contributed by atoms with Crippen LogP contribution in [-0.2, 0) is 10.0 Å². The highest BCUT2D eigenvalue weighted by Crippen LogP contribution is 2.19. The number of carbonyl (C=O) groups is 1. The predicted molar refractivity (Wildman–Crippen MR) is 108 cm³/mol. The molecule has 2 aromatic rings. The zero-order chi connectivity index (χ0) is 19.2. The molecule has 1 amide bonds. The lowest BCUT2D eigenvalue weighted by atomic mass is 10.2. The third kappa shape index (κ3) is 6.42. The summed E-state index contributed by atoms with van der Waals surface area (Å²) in [5.74, 6) is 0.345. The first-order valence-corrected chi connectivity index (χ1v) is 9.70. The Balaban J connectivity index is 0.00000364. The number of sulfonamides is 1. The fourth-order valence-electron chi connectivity index (χ4n) is 2.15. The van der Waals surface area contributed by atoms with Crippen molar-refractivity contribution >= 4 is 34.0 Å². The summed E-state index contributed by atoms with van der Waals surface area (Å²) in [6.45, 7) is 4.50. The molecule has 9 heteroatoms. The predicted octanol–water partition coefficient (Wildman–Crippen LogP) is 2.38. The van der Waals surface area contributed by atoms with Crippen molar-refractivity contribution in [1.29, 1.82) is 0 Å². The smallest absolute Gasteiger partial charge is 0.261 e. The van der Waals surface area contributed by atoms with E-state index < -0.39 is 10.0 Å². The Bertz CT molecular complexity index is 840. The lowest BCUT2D eigenvalue weighted by molar-refractivity contribution is 0.0941. The largest absolute Gasteiger partial charge is 0.494 e. The van der Waals surface area contributed by atoms with E-state index in [1.807, 2.05) is 6.92 Å². The molecule has 0 fully saturated rings. The number of hydrogen-bond donors (Lipinski definition) is 3. The molecule has 0 aliphatic carbocycles. The van der Waals surface area contributed by atoms with E-state index in [0.717, 1.165) is 0 Å². The van der Waals surface area contributed by atoms with E-state index in [9.17, 15) is 13.2 Å². The molecule has 0 bridgehead atoms. The maximum Gasteiger partial charge on any atom is 0.261 e. The molecule has 0 aliphatic heterocycles. The van der Waals surface area contributed by atoms with Gasteiger partial charge >= 0.3 is 0 Å². The quantitative estimate of drug-likeness (QED) is 0.615. The number of nitrogens with two attached hydrogens (primary N) is 1. The van der Waals surface area contributed by atoms with Gasteiger partial charge in [-0.2, -0.15) is 0 Å². The van der Waals surface area contributed by atoms with Gasteiger partial charge in [0, 0.05) is 23.8 Å². The van der Waals surface area contributed by atoms with E-state index in [0.29, 0.717) is 30.2 Å². The van der Waals surface area contributed by atoms with Crippen LogP contribution in [-0.4, -0.2) is 33.5 Å². The molecule has 2 rings (SSSR count). The minimum atomic E-state index is -3.72.